The van der Waals surface area contributed by atoms with E-state index in [2.05, 4.69) is 132 Å². The number of hydrogen-bond donors (Lipinski definition) is 1. The number of phenols is 1. The third kappa shape index (κ3) is 7.77. The molecule has 51 heavy (non-hydrogen) atoms. The van der Waals surface area contributed by atoms with Gasteiger partial charge in [0.2, 0.25) is 5.89 Å². The molecule has 0 spiro atoms. The molecule has 0 amide bonds. The predicted molar refractivity (Wildman–Crippen MR) is 209 cm³/mol. The number of hydrogen-bond acceptors (Lipinski definition) is 4. The van der Waals surface area contributed by atoms with Gasteiger partial charge in [0.15, 0.2) is 0 Å². The van der Waals surface area contributed by atoms with E-state index >= 15 is 0 Å². The molecule has 0 atom stereocenters. The Hall–Kier alpha value is -4.01. The van der Waals surface area contributed by atoms with Gasteiger partial charge in [0, 0.05) is 33.0 Å². The van der Waals surface area contributed by atoms with Crippen LogP contribution in [0.4, 0.5) is 0 Å². The molecule has 5 heteroatoms. The third-order valence-corrected chi connectivity index (χ3v) is 9.53. The Balaban J connectivity index is 0.00000504. The van der Waals surface area contributed by atoms with Crippen LogP contribution in [0.2, 0.25) is 0 Å². The van der Waals surface area contributed by atoms with Crippen molar-refractivity contribution >= 4 is 11.1 Å². The summed E-state index contributed by atoms with van der Waals surface area (Å²) >= 11 is 0. The van der Waals surface area contributed by atoms with Crippen molar-refractivity contribution < 1.29 is 30.6 Å². The van der Waals surface area contributed by atoms with Gasteiger partial charge in [-0.2, -0.15) is 0 Å². The molecule has 0 radical (unpaired) electrons. The smallest absolute Gasteiger partial charge is 0.230 e. The number of benzene rings is 4. The molecule has 1 N–H and O–H groups in total. The van der Waals surface area contributed by atoms with Crippen LogP contribution in [-0.4, -0.2) is 15.1 Å². The second-order valence-corrected chi connectivity index (χ2v) is 17.8. The van der Waals surface area contributed by atoms with E-state index in [1.807, 2.05) is 30.5 Å². The van der Waals surface area contributed by atoms with Gasteiger partial charge in [-0.05, 0) is 68.2 Å². The number of phenolic OH excluding ortho intramolecular Hbond substituents is 1. The van der Waals surface area contributed by atoms with E-state index in [1.54, 1.807) is 12.1 Å². The van der Waals surface area contributed by atoms with E-state index in [-0.39, 0.29) is 48.5 Å². The number of oxazole rings is 1. The number of nitrogens with zero attached hydrogens (tertiary/aromatic N) is 2. The van der Waals surface area contributed by atoms with Gasteiger partial charge in [-0.1, -0.05) is 143 Å². The standard InChI is InChI=1S/C46H51N2O2.Pt/c1-43(2,3)30-22-29(23-31(25-30)44(4,5)6)28-20-21-47-38(24-28)35-26-34(36(45(7,8)9)27-37(35)46(10,11)12)32-17-15-19-40-41(32)48-42(50-40)33-16-13-14-18-39(33)49;/h13-25,27,49H,1-12H3;/q-1;. The van der Waals surface area contributed by atoms with Crippen molar-refractivity contribution in [3.63, 3.8) is 0 Å². The Bertz CT molecular complexity index is 2180. The van der Waals surface area contributed by atoms with Crippen molar-refractivity contribution in [3.8, 4) is 50.7 Å². The maximum absolute atomic E-state index is 10.6. The first-order chi connectivity index (χ1) is 23.2. The minimum Gasteiger partial charge on any atom is -0.507 e. The average Bonchev–Trinajstić information content (AvgIpc) is 3.47. The van der Waals surface area contributed by atoms with Gasteiger partial charge in [0.25, 0.3) is 0 Å². The minimum absolute atomic E-state index is 0. The fourth-order valence-electron chi connectivity index (χ4n) is 6.47. The summed E-state index contributed by atoms with van der Waals surface area (Å²) in [6.45, 7) is 27.2. The second-order valence-electron chi connectivity index (χ2n) is 17.8. The molecule has 2 aromatic heterocycles. The summed E-state index contributed by atoms with van der Waals surface area (Å²) in [6.07, 6.45) is 1.93. The van der Waals surface area contributed by atoms with Crippen molar-refractivity contribution in [2.45, 2.75) is 105 Å². The first-order valence-electron chi connectivity index (χ1n) is 17.6. The van der Waals surface area contributed by atoms with Crippen molar-refractivity contribution in [3.05, 3.63) is 113 Å². The molecule has 6 aromatic rings. The fourth-order valence-corrected chi connectivity index (χ4v) is 6.47. The van der Waals surface area contributed by atoms with E-state index in [0.29, 0.717) is 17.0 Å². The van der Waals surface area contributed by atoms with Crippen LogP contribution in [-0.2, 0) is 42.7 Å². The van der Waals surface area contributed by atoms with Crippen LogP contribution in [0.3, 0.4) is 0 Å². The van der Waals surface area contributed by atoms with Crippen LogP contribution < -0.4 is 0 Å². The Morgan fingerprint density at radius 2 is 1.18 bits per heavy atom. The molecule has 0 saturated carbocycles. The maximum atomic E-state index is 10.6. The number of fused-ring (bicyclic) bond motifs is 1. The minimum atomic E-state index is -0.192. The largest absolute Gasteiger partial charge is 0.507 e. The molecular formula is C46H51N2O2Pt-. The summed E-state index contributed by atoms with van der Waals surface area (Å²) in [5.41, 5.74) is 12.7. The van der Waals surface area contributed by atoms with Crippen LogP contribution in [0.5, 0.6) is 5.75 Å². The van der Waals surface area contributed by atoms with E-state index in [4.69, 9.17) is 14.4 Å². The number of aromatic nitrogens is 2. The van der Waals surface area contributed by atoms with Crippen molar-refractivity contribution in [1.29, 1.82) is 0 Å². The average molecular weight is 859 g/mol. The molecule has 2 heterocycles. The summed E-state index contributed by atoms with van der Waals surface area (Å²) < 4.78 is 6.25. The Kier molecular flexibility index (Phi) is 10.1. The fraction of sp³-hybridized carbons (Fsp3) is 0.348. The predicted octanol–water partition coefficient (Wildman–Crippen LogP) is 12.6. The number of rotatable bonds is 4. The van der Waals surface area contributed by atoms with Crippen LogP contribution >= 0.6 is 0 Å². The van der Waals surface area contributed by atoms with E-state index in [9.17, 15) is 5.11 Å². The zero-order chi connectivity index (χ0) is 36.4. The first-order valence-corrected chi connectivity index (χ1v) is 17.6. The van der Waals surface area contributed by atoms with Gasteiger partial charge in [0.1, 0.15) is 11.3 Å². The molecule has 0 bridgehead atoms. The molecule has 268 valence electrons. The van der Waals surface area contributed by atoms with Gasteiger partial charge in [0.05, 0.1) is 11.1 Å². The summed E-state index contributed by atoms with van der Waals surface area (Å²) in [6, 6.07) is 30.8. The maximum Gasteiger partial charge on any atom is 0.230 e. The summed E-state index contributed by atoms with van der Waals surface area (Å²) in [7, 11) is 0. The van der Waals surface area contributed by atoms with E-state index < -0.39 is 0 Å². The van der Waals surface area contributed by atoms with Gasteiger partial charge >= 0.3 is 0 Å². The monoisotopic (exact) mass is 858 g/mol. The topological polar surface area (TPSA) is 59.2 Å². The van der Waals surface area contributed by atoms with Crippen LogP contribution in [0.15, 0.2) is 89.5 Å². The van der Waals surface area contributed by atoms with Crippen molar-refractivity contribution in [2.75, 3.05) is 0 Å². The Morgan fingerprint density at radius 1 is 0.588 bits per heavy atom. The second kappa shape index (κ2) is 13.5. The molecule has 0 unspecified atom stereocenters. The molecule has 0 aliphatic rings. The quantitative estimate of drug-likeness (QED) is 0.179. The molecule has 0 fully saturated rings. The number of pyridine rings is 1. The van der Waals surface area contributed by atoms with Crippen LogP contribution in [0.25, 0.3) is 56.1 Å². The number of para-hydroxylation sites is 2. The Morgan fingerprint density at radius 3 is 1.76 bits per heavy atom. The zero-order valence-corrected chi connectivity index (χ0v) is 34.4. The van der Waals surface area contributed by atoms with Gasteiger partial charge < -0.3 is 9.52 Å². The first kappa shape index (κ1) is 38.2. The molecule has 4 aromatic carbocycles. The molecule has 0 saturated heterocycles. The summed E-state index contributed by atoms with van der Waals surface area (Å²) in [5, 5.41) is 10.6. The normalized spacial score (nSPS) is 12.6. The molecular weight excluding hydrogens is 808 g/mol. The summed E-state index contributed by atoms with van der Waals surface area (Å²) in [4.78, 5) is 9.97. The molecule has 0 aliphatic carbocycles. The SMILES string of the molecule is CC(C)(C)c1cc(-c2ccnc(-c3[c-]c(-c4cccc5oc(-c6ccccc6O)nc45)c(C(C)(C)C)cc3C(C)(C)C)c2)cc(C(C)(C)C)c1.[Pt]. The van der Waals surface area contributed by atoms with Crippen LogP contribution in [0, 0.1) is 6.07 Å². The third-order valence-electron chi connectivity index (χ3n) is 9.53. The molecule has 6 rings (SSSR count). The Labute approximate surface area is 319 Å². The van der Waals surface area contributed by atoms with E-state index in [1.165, 1.54) is 27.8 Å². The van der Waals surface area contributed by atoms with Gasteiger partial charge in [-0.15, -0.1) is 28.8 Å². The van der Waals surface area contributed by atoms with Gasteiger partial charge in [-0.25, -0.2) is 4.98 Å². The van der Waals surface area contributed by atoms with Crippen LogP contribution in [0.1, 0.15) is 105 Å². The van der Waals surface area contributed by atoms with Crippen molar-refractivity contribution in [2.24, 2.45) is 0 Å². The van der Waals surface area contributed by atoms with Gasteiger partial charge in [-0.3, -0.25) is 4.98 Å². The van der Waals surface area contributed by atoms with Crippen molar-refractivity contribution in [1.82, 2.24) is 9.97 Å². The molecule has 0 aliphatic heterocycles. The summed E-state index contributed by atoms with van der Waals surface area (Å²) in [5.74, 6) is 0.517. The zero-order valence-electron chi connectivity index (χ0n) is 32.1. The van der Waals surface area contributed by atoms with E-state index in [0.717, 1.165) is 33.5 Å². The molecule has 4 nitrogen and oxygen atoms in total. The number of aromatic hydroxyl groups is 1.